The highest BCUT2D eigenvalue weighted by atomic mass is 19.3. The molecule has 0 aliphatic rings. The van der Waals surface area contributed by atoms with Crippen molar-refractivity contribution in [3.63, 3.8) is 0 Å². The van der Waals surface area contributed by atoms with Crippen LogP contribution >= 0.6 is 0 Å². The summed E-state index contributed by atoms with van der Waals surface area (Å²) in [6.45, 7) is -1.31. The van der Waals surface area contributed by atoms with Gasteiger partial charge < -0.3 is 20.1 Å². The highest BCUT2D eigenvalue weighted by Crippen LogP contribution is 2.25. The molecule has 2 aromatic rings. The van der Waals surface area contributed by atoms with Gasteiger partial charge in [-0.15, -0.1) is 0 Å². The van der Waals surface area contributed by atoms with E-state index < -0.39 is 18.5 Å². The number of rotatable bonds is 7. The van der Waals surface area contributed by atoms with Crippen molar-refractivity contribution in [3.05, 3.63) is 53.6 Å². The average Bonchev–Trinajstić information content (AvgIpc) is 2.61. The van der Waals surface area contributed by atoms with E-state index in [0.29, 0.717) is 11.3 Å². The Morgan fingerprint density at radius 2 is 1.85 bits per heavy atom. The maximum atomic E-state index is 12.4. The predicted molar refractivity (Wildman–Crippen MR) is 92.7 cm³/mol. The summed E-state index contributed by atoms with van der Waals surface area (Å²) in [5.41, 5.74) is 1.89. The van der Waals surface area contributed by atoms with Crippen molar-refractivity contribution in [2.24, 2.45) is 0 Å². The van der Waals surface area contributed by atoms with E-state index in [1.165, 1.54) is 25.3 Å². The van der Waals surface area contributed by atoms with Gasteiger partial charge in [0.25, 0.3) is 0 Å². The lowest BCUT2D eigenvalue weighted by Crippen LogP contribution is -2.22. The van der Waals surface area contributed by atoms with Gasteiger partial charge in [0.2, 0.25) is 5.91 Å². The van der Waals surface area contributed by atoms with Crippen LogP contribution in [0.5, 0.6) is 5.75 Å². The Labute approximate surface area is 149 Å². The molecule has 0 atom stereocenters. The van der Waals surface area contributed by atoms with Crippen LogP contribution < -0.4 is 15.4 Å². The third kappa shape index (κ3) is 5.17. The second-order valence-electron chi connectivity index (χ2n) is 5.30. The summed E-state index contributed by atoms with van der Waals surface area (Å²) in [6.07, 6.45) is 0. The molecule has 138 valence electrons. The first-order chi connectivity index (χ1) is 12.4. The number of carbonyl (C=O) groups excluding carboxylic acids is 2. The lowest BCUT2D eigenvalue weighted by Gasteiger charge is -2.13. The number of ether oxygens (including phenoxy) is 2. The molecule has 0 aromatic heterocycles. The van der Waals surface area contributed by atoms with Crippen LogP contribution in [0.3, 0.4) is 0 Å². The van der Waals surface area contributed by atoms with E-state index in [4.69, 9.17) is 0 Å². The smallest absolute Gasteiger partial charge is 0.387 e. The van der Waals surface area contributed by atoms with Crippen molar-refractivity contribution in [1.29, 1.82) is 0 Å². The maximum absolute atomic E-state index is 12.4. The van der Waals surface area contributed by atoms with Gasteiger partial charge >= 0.3 is 12.6 Å². The fraction of sp³-hybridized carbons (Fsp3) is 0.222. The van der Waals surface area contributed by atoms with Gasteiger partial charge in [0.05, 0.1) is 24.9 Å². The monoisotopic (exact) mass is 364 g/mol. The second kappa shape index (κ2) is 8.80. The van der Waals surface area contributed by atoms with Gasteiger partial charge in [0.1, 0.15) is 5.75 Å². The number of benzene rings is 2. The van der Waals surface area contributed by atoms with E-state index >= 15 is 0 Å². The van der Waals surface area contributed by atoms with Crippen LogP contribution in [0.1, 0.15) is 15.9 Å². The summed E-state index contributed by atoms with van der Waals surface area (Å²) >= 11 is 0. The normalized spacial score (nSPS) is 10.3. The minimum absolute atomic E-state index is 0.125. The predicted octanol–water partition coefficient (Wildman–Crippen LogP) is 3.43. The third-order valence-corrected chi connectivity index (χ3v) is 3.48. The summed E-state index contributed by atoms with van der Waals surface area (Å²) in [7, 11) is 1.28. The van der Waals surface area contributed by atoms with Crippen LogP contribution in [0, 0.1) is 6.92 Å². The molecule has 0 bridgehead atoms. The summed E-state index contributed by atoms with van der Waals surface area (Å²) in [4.78, 5) is 23.7. The molecule has 0 saturated heterocycles. The molecular weight excluding hydrogens is 346 g/mol. The number of halogens is 2. The molecule has 26 heavy (non-hydrogen) atoms. The van der Waals surface area contributed by atoms with Gasteiger partial charge in [0, 0.05) is 5.69 Å². The molecule has 2 aromatic carbocycles. The van der Waals surface area contributed by atoms with Crippen LogP contribution in [-0.2, 0) is 9.53 Å². The van der Waals surface area contributed by atoms with Crippen LogP contribution in [0.4, 0.5) is 20.2 Å². The number of anilines is 2. The van der Waals surface area contributed by atoms with Gasteiger partial charge in [-0.2, -0.15) is 8.78 Å². The lowest BCUT2D eigenvalue weighted by molar-refractivity contribution is -0.114. The van der Waals surface area contributed by atoms with E-state index in [2.05, 4.69) is 20.1 Å². The third-order valence-electron chi connectivity index (χ3n) is 3.48. The zero-order valence-electron chi connectivity index (χ0n) is 14.2. The molecule has 0 spiro atoms. The topological polar surface area (TPSA) is 76.7 Å². The summed E-state index contributed by atoms with van der Waals surface area (Å²) in [5.74, 6) is -1.08. The number of aryl methyl sites for hydroxylation is 1. The summed E-state index contributed by atoms with van der Waals surface area (Å²) < 4.78 is 33.8. The Kier molecular flexibility index (Phi) is 6.48. The van der Waals surface area contributed by atoms with Crippen LogP contribution in [0.2, 0.25) is 0 Å². The molecule has 0 radical (unpaired) electrons. The first-order valence-electron chi connectivity index (χ1n) is 7.67. The molecule has 2 rings (SSSR count). The maximum Gasteiger partial charge on any atom is 0.387 e. The largest absolute Gasteiger partial charge is 0.465 e. The van der Waals surface area contributed by atoms with Crippen molar-refractivity contribution in [2.75, 3.05) is 24.3 Å². The number of hydrogen-bond donors (Lipinski definition) is 2. The first kappa shape index (κ1) is 19.2. The van der Waals surface area contributed by atoms with Crippen molar-refractivity contribution < 1.29 is 27.8 Å². The average molecular weight is 364 g/mol. The number of esters is 1. The molecule has 1 amide bonds. The van der Waals surface area contributed by atoms with Crippen molar-refractivity contribution in [2.45, 2.75) is 13.5 Å². The number of nitrogens with one attached hydrogen (secondary N) is 2. The zero-order chi connectivity index (χ0) is 19.1. The Hall–Kier alpha value is -3.16. The lowest BCUT2D eigenvalue weighted by atomic mass is 10.1. The molecule has 0 saturated carbocycles. The van der Waals surface area contributed by atoms with Crippen LogP contribution in [0.15, 0.2) is 42.5 Å². The first-order valence-corrected chi connectivity index (χ1v) is 7.67. The summed E-state index contributed by atoms with van der Waals surface area (Å²) in [6, 6.07) is 10.8. The van der Waals surface area contributed by atoms with Crippen molar-refractivity contribution in [1.82, 2.24) is 0 Å². The molecule has 6 nitrogen and oxygen atoms in total. The Morgan fingerprint density at radius 1 is 1.12 bits per heavy atom. The fourth-order valence-corrected chi connectivity index (χ4v) is 2.20. The number of para-hydroxylation sites is 2. The number of carbonyl (C=O) groups is 2. The van der Waals surface area contributed by atoms with Gasteiger partial charge in [-0.3, -0.25) is 4.79 Å². The molecule has 0 fully saturated rings. The highest BCUT2D eigenvalue weighted by molar-refractivity contribution is 5.95. The van der Waals surface area contributed by atoms with Gasteiger partial charge in [-0.05, 0) is 36.8 Å². The van der Waals surface area contributed by atoms with Crippen LogP contribution in [0.25, 0.3) is 0 Å². The molecule has 0 aliphatic carbocycles. The number of amides is 1. The van der Waals surface area contributed by atoms with Gasteiger partial charge in [-0.1, -0.05) is 18.2 Å². The Balaban J connectivity index is 2.03. The Morgan fingerprint density at radius 3 is 2.54 bits per heavy atom. The standard InChI is InChI=1S/C18H18F2N2O4/c1-11-7-8-12(17(24)25-2)9-14(11)21-10-16(23)22-13-5-3-4-6-15(13)26-18(19)20/h3-9,18,21H,10H2,1-2H3,(H,22,23). The van der Waals surface area contributed by atoms with Crippen LogP contribution in [-0.4, -0.2) is 32.1 Å². The number of hydrogen-bond acceptors (Lipinski definition) is 5. The van der Waals surface area contributed by atoms with Crippen molar-refractivity contribution in [3.8, 4) is 5.75 Å². The SMILES string of the molecule is COC(=O)c1ccc(C)c(NCC(=O)Nc2ccccc2OC(F)F)c1. The molecule has 8 heteroatoms. The molecule has 0 unspecified atom stereocenters. The Bertz CT molecular complexity index is 797. The van der Waals surface area contributed by atoms with E-state index in [-0.39, 0.29) is 18.0 Å². The zero-order valence-corrected chi connectivity index (χ0v) is 14.2. The molecule has 0 aliphatic heterocycles. The molecular formula is C18H18F2N2O4. The quantitative estimate of drug-likeness (QED) is 0.736. The van der Waals surface area contributed by atoms with E-state index in [1.807, 2.05) is 6.92 Å². The second-order valence-corrected chi connectivity index (χ2v) is 5.30. The summed E-state index contributed by atoms with van der Waals surface area (Å²) in [5, 5.41) is 5.41. The van der Waals surface area contributed by atoms with E-state index in [1.54, 1.807) is 24.3 Å². The number of alkyl halides is 2. The minimum atomic E-state index is -2.99. The fourth-order valence-electron chi connectivity index (χ4n) is 2.20. The van der Waals surface area contributed by atoms with Crippen molar-refractivity contribution >= 4 is 23.3 Å². The minimum Gasteiger partial charge on any atom is -0.465 e. The van der Waals surface area contributed by atoms with Gasteiger partial charge in [-0.25, -0.2) is 4.79 Å². The number of methoxy groups -OCH3 is 1. The molecule has 0 heterocycles. The highest BCUT2D eigenvalue weighted by Gasteiger charge is 2.12. The van der Waals surface area contributed by atoms with Gasteiger partial charge in [0.15, 0.2) is 0 Å². The van der Waals surface area contributed by atoms with E-state index in [9.17, 15) is 18.4 Å². The van der Waals surface area contributed by atoms with E-state index in [0.717, 1.165) is 5.56 Å². The molecule has 2 N–H and O–H groups in total.